The number of carbonyl (C=O) groups is 1. The maximum Gasteiger partial charge on any atom is 0.416 e. The predicted octanol–water partition coefficient (Wildman–Crippen LogP) is 4.15. The Morgan fingerprint density at radius 2 is 1.69 bits per heavy atom. The molecule has 2 rings (SSSR count). The van der Waals surface area contributed by atoms with Crippen LogP contribution in [-0.2, 0) is 6.18 Å². The Morgan fingerprint density at radius 1 is 1.08 bits per heavy atom. The monoisotopic (exact) mass is 368 g/mol. The Labute approximate surface area is 147 Å². The van der Waals surface area contributed by atoms with Crippen LogP contribution >= 0.6 is 0 Å². The smallest absolute Gasteiger partial charge is 0.416 e. The second-order valence-corrected chi connectivity index (χ2v) is 5.23. The van der Waals surface area contributed by atoms with Crippen LogP contribution in [0.1, 0.15) is 15.9 Å². The zero-order chi connectivity index (χ0) is 19.2. The standard InChI is InChI=1S/C18H16F4N2O2/c19-14(9-10-23)11-26-16-7-1-12(2-8-16)17(25)24-15-5-3-13(4-6-15)18(20,21)22/h1-9H,10-11,23H2,(H,24,25)/b14-9+. The quantitative estimate of drug-likeness (QED) is 0.753. The van der Waals surface area contributed by atoms with Crippen molar-refractivity contribution < 1.29 is 27.1 Å². The number of amides is 1. The Kier molecular flexibility index (Phi) is 6.35. The van der Waals surface area contributed by atoms with Gasteiger partial charge in [-0.2, -0.15) is 13.2 Å². The largest absolute Gasteiger partial charge is 0.487 e. The second-order valence-electron chi connectivity index (χ2n) is 5.23. The Morgan fingerprint density at radius 3 is 2.23 bits per heavy atom. The normalized spacial score (nSPS) is 12.0. The maximum atomic E-state index is 13.2. The van der Waals surface area contributed by atoms with Crippen LogP contribution in [0.3, 0.4) is 0 Å². The van der Waals surface area contributed by atoms with Crippen molar-refractivity contribution in [2.45, 2.75) is 6.18 Å². The topological polar surface area (TPSA) is 64.3 Å². The van der Waals surface area contributed by atoms with Gasteiger partial charge < -0.3 is 15.8 Å². The number of ether oxygens (including phenoxy) is 1. The van der Waals surface area contributed by atoms with E-state index in [1.807, 2.05) is 0 Å². The fourth-order valence-electron chi connectivity index (χ4n) is 1.99. The molecule has 26 heavy (non-hydrogen) atoms. The van der Waals surface area contributed by atoms with Gasteiger partial charge in [0.1, 0.15) is 18.2 Å². The molecular weight excluding hydrogens is 352 g/mol. The molecule has 0 fully saturated rings. The summed E-state index contributed by atoms with van der Waals surface area (Å²) in [5, 5.41) is 2.49. The molecule has 0 bridgehead atoms. The highest BCUT2D eigenvalue weighted by Gasteiger charge is 2.29. The van der Waals surface area contributed by atoms with Crippen molar-refractivity contribution in [1.82, 2.24) is 0 Å². The minimum atomic E-state index is -4.43. The molecule has 4 nitrogen and oxygen atoms in total. The second kappa shape index (κ2) is 8.48. The molecule has 0 atom stereocenters. The van der Waals surface area contributed by atoms with E-state index in [1.165, 1.54) is 42.5 Å². The number of hydrogen-bond acceptors (Lipinski definition) is 3. The summed E-state index contributed by atoms with van der Waals surface area (Å²) in [6.07, 6.45) is -3.25. The fourth-order valence-corrected chi connectivity index (χ4v) is 1.99. The van der Waals surface area contributed by atoms with E-state index in [0.717, 1.165) is 12.1 Å². The van der Waals surface area contributed by atoms with Crippen molar-refractivity contribution in [1.29, 1.82) is 0 Å². The van der Waals surface area contributed by atoms with Gasteiger partial charge in [-0.3, -0.25) is 4.79 Å². The molecule has 138 valence electrons. The molecule has 8 heteroatoms. The zero-order valence-electron chi connectivity index (χ0n) is 13.5. The van der Waals surface area contributed by atoms with Crippen molar-refractivity contribution in [3.8, 4) is 5.75 Å². The van der Waals surface area contributed by atoms with Crippen molar-refractivity contribution in [2.24, 2.45) is 5.73 Å². The summed E-state index contributed by atoms with van der Waals surface area (Å²) in [7, 11) is 0. The number of carbonyl (C=O) groups excluding carboxylic acids is 1. The molecule has 2 aromatic carbocycles. The van der Waals surface area contributed by atoms with Crippen LogP contribution in [-0.4, -0.2) is 19.1 Å². The lowest BCUT2D eigenvalue weighted by molar-refractivity contribution is -0.137. The third-order valence-corrected chi connectivity index (χ3v) is 3.30. The first-order valence-corrected chi connectivity index (χ1v) is 7.55. The fraction of sp³-hybridized carbons (Fsp3) is 0.167. The van der Waals surface area contributed by atoms with Gasteiger partial charge in [0.25, 0.3) is 5.91 Å². The van der Waals surface area contributed by atoms with E-state index in [-0.39, 0.29) is 24.4 Å². The van der Waals surface area contributed by atoms with Crippen molar-refractivity contribution >= 4 is 11.6 Å². The number of nitrogens with two attached hydrogens (primary N) is 1. The van der Waals surface area contributed by atoms with Crippen LogP contribution in [0.15, 0.2) is 60.4 Å². The number of rotatable bonds is 6. The number of hydrogen-bond donors (Lipinski definition) is 2. The van der Waals surface area contributed by atoms with Crippen LogP contribution in [0.25, 0.3) is 0 Å². The van der Waals surface area contributed by atoms with Crippen LogP contribution in [0.5, 0.6) is 5.75 Å². The Balaban J connectivity index is 1.96. The molecule has 0 heterocycles. The molecule has 0 unspecified atom stereocenters. The molecule has 0 saturated carbocycles. The summed E-state index contributed by atoms with van der Waals surface area (Å²) in [6, 6.07) is 9.99. The lowest BCUT2D eigenvalue weighted by atomic mass is 10.1. The average molecular weight is 368 g/mol. The number of halogens is 4. The van der Waals surface area contributed by atoms with Gasteiger partial charge in [0.05, 0.1) is 5.56 Å². The van der Waals surface area contributed by atoms with E-state index in [1.54, 1.807) is 0 Å². The summed E-state index contributed by atoms with van der Waals surface area (Å²) in [5.74, 6) is -0.640. The molecule has 0 aliphatic heterocycles. The molecule has 3 N–H and O–H groups in total. The molecule has 1 amide bonds. The van der Waals surface area contributed by atoms with Crippen molar-refractivity contribution in [2.75, 3.05) is 18.5 Å². The first-order valence-electron chi connectivity index (χ1n) is 7.55. The molecule has 0 saturated heterocycles. The molecule has 0 aliphatic rings. The van der Waals surface area contributed by atoms with Gasteiger partial charge >= 0.3 is 6.18 Å². The van der Waals surface area contributed by atoms with Gasteiger partial charge in [0.2, 0.25) is 0 Å². The minimum absolute atomic E-state index is 0.0677. The molecule has 0 aromatic heterocycles. The number of anilines is 1. The summed E-state index contributed by atoms with van der Waals surface area (Å²) < 4.78 is 55.9. The lowest BCUT2D eigenvalue weighted by Gasteiger charge is -2.09. The van der Waals surface area contributed by atoms with Gasteiger partial charge in [-0.15, -0.1) is 0 Å². The first-order chi connectivity index (χ1) is 12.3. The summed E-state index contributed by atoms with van der Waals surface area (Å²) in [5.41, 5.74) is 4.88. The van der Waals surface area contributed by atoms with E-state index in [2.05, 4.69) is 5.32 Å². The van der Waals surface area contributed by atoms with Crippen LogP contribution in [0, 0.1) is 0 Å². The van der Waals surface area contributed by atoms with E-state index >= 15 is 0 Å². The van der Waals surface area contributed by atoms with Gasteiger partial charge in [-0.05, 0) is 54.6 Å². The molecule has 0 aliphatic carbocycles. The summed E-state index contributed by atoms with van der Waals surface area (Å²) >= 11 is 0. The van der Waals surface area contributed by atoms with Crippen molar-refractivity contribution in [3.63, 3.8) is 0 Å². The van der Waals surface area contributed by atoms with Crippen molar-refractivity contribution in [3.05, 3.63) is 71.6 Å². The number of nitrogens with one attached hydrogen (secondary N) is 1. The SMILES string of the molecule is NC/C=C(/F)COc1ccc(C(=O)Nc2ccc(C(F)(F)F)cc2)cc1. The predicted molar refractivity (Wildman–Crippen MR) is 89.6 cm³/mol. The van der Waals surface area contributed by atoms with Gasteiger partial charge in [-0.1, -0.05) is 0 Å². The van der Waals surface area contributed by atoms with Gasteiger partial charge in [0.15, 0.2) is 0 Å². The van der Waals surface area contributed by atoms with Crippen LogP contribution in [0.2, 0.25) is 0 Å². The highest BCUT2D eigenvalue weighted by molar-refractivity contribution is 6.04. The number of benzene rings is 2. The lowest BCUT2D eigenvalue weighted by Crippen LogP contribution is -2.12. The highest BCUT2D eigenvalue weighted by atomic mass is 19.4. The van der Waals surface area contributed by atoms with E-state index < -0.39 is 23.5 Å². The minimum Gasteiger partial charge on any atom is -0.487 e. The maximum absolute atomic E-state index is 13.2. The molecule has 0 spiro atoms. The van der Waals surface area contributed by atoms with Gasteiger partial charge in [-0.25, -0.2) is 4.39 Å². The third kappa shape index (κ3) is 5.59. The molecule has 2 aromatic rings. The van der Waals surface area contributed by atoms with Crippen LogP contribution in [0.4, 0.5) is 23.2 Å². The molecular formula is C18H16F4N2O2. The number of alkyl halides is 3. The molecule has 0 radical (unpaired) electrons. The van der Waals surface area contributed by atoms with E-state index in [0.29, 0.717) is 5.75 Å². The summed E-state index contributed by atoms with van der Waals surface area (Å²) in [4.78, 5) is 12.1. The zero-order valence-corrected chi connectivity index (χ0v) is 13.5. The average Bonchev–Trinajstić information content (AvgIpc) is 2.60. The van der Waals surface area contributed by atoms with Gasteiger partial charge in [0, 0.05) is 17.8 Å². The van der Waals surface area contributed by atoms with E-state index in [4.69, 9.17) is 10.5 Å². The Hall–Kier alpha value is -2.87. The first kappa shape index (κ1) is 19.5. The highest BCUT2D eigenvalue weighted by Crippen LogP contribution is 2.29. The third-order valence-electron chi connectivity index (χ3n) is 3.30. The van der Waals surface area contributed by atoms with Crippen LogP contribution < -0.4 is 15.8 Å². The Bertz CT molecular complexity index is 769. The van der Waals surface area contributed by atoms with E-state index in [9.17, 15) is 22.4 Å². The summed E-state index contributed by atoms with van der Waals surface area (Å²) in [6.45, 7) is -0.202.